The maximum absolute atomic E-state index is 11.5. The van der Waals surface area contributed by atoms with Crippen LogP contribution in [0.15, 0.2) is 0 Å². The van der Waals surface area contributed by atoms with E-state index in [-0.39, 0.29) is 5.91 Å². The number of aliphatic carboxylic acids is 1. The van der Waals surface area contributed by atoms with E-state index in [2.05, 4.69) is 12.2 Å². The van der Waals surface area contributed by atoms with Crippen molar-refractivity contribution in [3.63, 3.8) is 0 Å². The molecule has 5 nitrogen and oxygen atoms in total. The van der Waals surface area contributed by atoms with E-state index in [1.165, 1.54) is 19.3 Å². The van der Waals surface area contributed by atoms with Gasteiger partial charge in [-0.3, -0.25) is 9.59 Å². The van der Waals surface area contributed by atoms with Crippen LogP contribution >= 0.6 is 0 Å². The number of hydrogen-bond acceptors (Lipinski definition) is 3. The summed E-state index contributed by atoms with van der Waals surface area (Å²) in [7, 11) is 0. The molecule has 0 bridgehead atoms. The molecule has 19 heavy (non-hydrogen) atoms. The minimum atomic E-state index is -0.962. The first-order valence-corrected chi connectivity index (χ1v) is 7.33. The molecule has 0 aromatic carbocycles. The Hall–Kier alpha value is -1.10. The van der Waals surface area contributed by atoms with Crippen molar-refractivity contribution in [3.8, 4) is 0 Å². The zero-order valence-electron chi connectivity index (χ0n) is 12.0. The minimum absolute atomic E-state index is 0.0963. The van der Waals surface area contributed by atoms with Crippen LogP contribution in [0.2, 0.25) is 0 Å². The fraction of sp³-hybridized carbons (Fsp3) is 0.857. The highest BCUT2D eigenvalue weighted by molar-refractivity contribution is 5.75. The van der Waals surface area contributed by atoms with E-state index in [0.29, 0.717) is 19.4 Å². The number of amides is 1. The van der Waals surface area contributed by atoms with Gasteiger partial charge < -0.3 is 16.2 Å². The Balaban J connectivity index is 3.31. The van der Waals surface area contributed by atoms with Gasteiger partial charge >= 0.3 is 5.97 Å². The summed E-state index contributed by atoms with van der Waals surface area (Å²) in [6.45, 7) is 2.78. The molecule has 0 aromatic heterocycles. The lowest BCUT2D eigenvalue weighted by molar-refractivity contribution is -0.138. The van der Waals surface area contributed by atoms with Gasteiger partial charge in [0.05, 0.1) is 0 Å². The van der Waals surface area contributed by atoms with Gasteiger partial charge in [-0.25, -0.2) is 0 Å². The van der Waals surface area contributed by atoms with Crippen LogP contribution in [0.3, 0.4) is 0 Å². The summed E-state index contributed by atoms with van der Waals surface area (Å²) >= 11 is 0. The maximum Gasteiger partial charge on any atom is 0.320 e. The van der Waals surface area contributed by atoms with E-state index >= 15 is 0 Å². The Kier molecular flexibility index (Phi) is 11.3. The first-order valence-electron chi connectivity index (χ1n) is 7.33. The second-order valence-electron chi connectivity index (χ2n) is 4.95. The van der Waals surface area contributed by atoms with Crippen LogP contribution in [0, 0.1) is 0 Å². The third-order valence-electron chi connectivity index (χ3n) is 3.09. The normalized spacial score (nSPS) is 12.1. The predicted molar refractivity (Wildman–Crippen MR) is 75.8 cm³/mol. The topological polar surface area (TPSA) is 92.4 Å². The highest BCUT2D eigenvalue weighted by Crippen LogP contribution is 2.04. The van der Waals surface area contributed by atoms with E-state index in [1.807, 2.05) is 0 Å². The molecule has 5 heteroatoms. The third-order valence-corrected chi connectivity index (χ3v) is 3.09. The van der Waals surface area contributed by atoms with Crippen molar-refractivity contribution in [1.82, 2.24) is 5.32 Å². The molecule has 1 atom stereocenters. The van der Waals surface area contributed by atoms with Crippen LogP contribution < -0.4 is 11.1 Å². The van der Waals surface area contributed by atoms with E-state index in [4.69, 9.17) is 10.8 Å². The summed E-state index contributed by atoms with van der Waals surface area (Å²) in [6.07, 6.45) is 8.30. The van der Waals surface area contributed by atoms with Gasteiger partial charge in [0.25, 0.3) is 0 Å². The lowest BCUT2D eigenvalue weighted by atomic mass is 10.1. The summed E-state index contributed by atoms with van der Waals surface area (Å²) in [5, 5.41) is 11.4. The first kappa shape index (κ1) is 17.9. The SMILES string of the molecule is CCCCCCCC(=O)NCCCCC(N)C(=O)O. The van der Waals surface area contributed by atoms with Crippen LogP contribution in [0.5, 0.6) is 0 Å². The van der Waals surface area contributed by atoms with Crippen molar-refractivity contribution in [1.29, 1.82) is 0 Å². The largest absolute Gasteiger partial charge is 0.480 e. The zero-order chi connectivity index (χ0) is 14.5. The van der Waals surface area contributed by atoms with Crippen molar-refractivity contribution in [2.75, 3.05) is 6.54 Å². The predicted octanol–water partition coefficient (Wildman–Crippen LogP) is 2.05. The molecule has 0 fully saturated rings. The number of unbranched alkanes of at least 4 members (excludes halogenated alkanes) is 5. The van der Waals surface area contributed by atoms with E-state index in [9.17, 15) is 9.59 Å². The average Bonchev–Trinajstić information content (AvgIpc) is 2.37. The van der Waals surface area contributed by atoms with Gasteiger partial charge in [-0.05, 0) is 25.7 Å². The molecule has 0 aliphatic heterocycles. The second-order valence-corrected chi connectivity index (χ2v) is 4.95. The maximum atomic E-state index is 11.5. The van der Waals surface area contributed by atoms with Gasteiger partial charge in [0.1, 0.15) is 6.04 Å². The summed E-state index contributed by atoms with van der Waals surface area (Å²) in [6, 6.07) is -0.783. The number of nitrogens with two attached hydrogens (primary N) is 1. The van der Waals surface area contributed by atoms with Gasteiger partial charge in [0, 0.05) is 13.0 Å². The molecule has 0 saturated carbocycles. The molecule has 112 valence electrons. The lowest BCUT2D eigenvalue weighted by Gasteiger charge is -2.07. The van der Waals surface area contributed by atoms with Gasteiger partial charge in [0.15, 0.2) is 0 Å². The summed E-state index contributed by atoms with van der Waals surface area (Å²) in [5.41, 5.74) is 5.38. The van der Waals surface area contributed by atoms with Crippen LogP contribution in [0.1, 0.15) is 64.7 Å². The molecule has 0 aliphatic carbocycles. The molecule has 0 saturated heterocycles. The standard InChI is InChI=1S/C14H28N2O3/c1-2-3-4-5-6-10-13(17)16-11-8-7-9-12(15)14(18)19/h12H,2-11,15H2,1H3,(H,16,17)(H,18,19). The highest BCUT2D eigenvalue weighted by Gasteiger charge is 2.10. The number of rotatable bonds is 12. The van der Waals surface area contributed by atoms with Crippen molar-refractivity contribution >= 4 is 11.9 Å². The Morgan fingerprint density at radius 2 is 1.79 bits per heavy atom. The van der Waals surface area contributed by atoms with Crippen LogP contribution in [-0.2, 0) is 9.59 Å². The Bertz CT molecular complexity index is 257. The summed E-state index contributed by atoms with van der Waals surface area (Å²) < 4.78 is 0. The lowest BCUT2D eigenvalue weighted by Crippen LogP contribution is -2.30. The number of carboxylic acid groups (broad SMARTS) is 1. The Morgan fingerprint density at radius 1 is 1.11 bits per heavy atom. The van der Waals surface area contributed by atoms with Crippen molar-refractivity contribution in [2.45, 2.75) is 70.8 Å². The van der Waals surface area contributed by atoms with Crippen LogP contribution in [-0.4, -0.2) is 29.6 Å². The second kappa shape index (κ2) is 12.0. The molecule has 0 aliphatic rings. The number of carbonyl (C=O) groups excluding carboxylic acids is 1. The third kappa shape index (κ3) is 11.7. The number of carboxylic acids is 1. The molecule has 0 rings (SSSR count). The molecule has 1 amide bonds. The molecule has 0 radical (unpaired) electrons. The average molecular weight is 272 g/mol. The molecule has 0 heterocycles. The fourth-order valence-electron chi connectivity index (χ4n) is 1.82. The zero-order valence-corrected chi connectivity index (χ0v) is 12.0. The van der Waals surface area contributed by atoms with E-state index < -0.39 is 12.0 Å². The van der Waals surface area contributed by atoms with Crippen molar-refractivity contribution in [2.24, 2.45) is 5.73 Å². The van der Waals surface area contributed by atoms with E-state index in [1.54, 1.807) is 0 Å². The smallest absolute Gasteiger partial charge is 0.320 e. The van der Waals surface area contributed by atoms with Gasteiger partial charge in [-0.15, -0.1) is 0 Å². The van der Waals surface area contributed by atoms with Crippen LogP contribution in [0.4, 0.5) is 0 Å². The summed E-state index contributed by atoms with van der Waals surface area (Å²) in [4.78, 5) is 21.9. The monoisotopic (exact) mass is 272 g/mol. The highest BCUT2D eigenvalue weighted by atomic mass is 16.4. The van der Waals surface area contributed by atoms with Gasteiger partial charge in [-0.2, -0.15) is 0 Å². The Labute approximate surface area is 115 Å². The van der Waals surface area contributed by atoms with E-state index in [0.717, 1.165) is 25.7 Å². The quantitative estimate of drug-likeness (QED) is 0.474. The molecule has 0 spiro atoms. The number of nitrogens with one attached hydrogen (secondary N) is 1. The van der Waals surface area contributed by atoms with Crippen LogP contribution in [0.25, 0.3) is 0 Å². The summed E-state index contributed by atoms with van der Waals surface area (Å²) in [5.74, 6) is -0.866. The van der Waals surface area contributed by atoms with Gasteiger partial charge in [0.2, 0.25) is 5.91 Å². The van der Waals surface area contributed by atoms with Crippen molar-refractivity contribution < 1.29 is 14.7 Å². The molecular weight excluding hydrogens is 244 g/mol. The first-order chi connectivity index (χ1) is 9.07. The molecular formula is C14H28N2O3. The molecule has 1 unspecified atom stereocenters. The number of carbonyl (C=O) groups is 2. The molecule has 4 N–H and O–H groups in total. The fourth-order valence-corrected chi connectivity index (χ4v) is 1.82. The van der Waals surface area contributed by atoms with Gasteiger partial charge in [-0.1, -0.05) is 32.6 Å². The minimum Gasteiger partial charge on any atom is -0.480 e. The molecule has 0 aromatic rings. The number of hydrogen-bond donors (Lipinski definition) is 3. The van der Waals surface area contributed by atoms with Crippen molar-refractivity contribution in [3.05, 3.63) is 0 Å². The Morgan fingerprint density at radius 3 is 2.42 bits per heavy atom.